The molecule has 0 amide bonds. The third-order valence-electron chi connectivity index (χ3n) is 3.21. The maximum absolute atomic E-state index is 12.6. The van der Waals surface area contributed by atoms with Gasteiger partial charge in [0.05, 0.1) is 23.0 Å². The van der Waals surface area contributed by atoms with E-state index in [2.05, 4.69) is 9.84 Å². The second-order valence-corrected chi connectivity index (χ2v) is 4.87. The largest absolute Gasteiger partial charge is 0.573 e. The van der Waals surface area contributed by atoms with E-state index < -0.39 is 23.9 Å². The van der Waals surface area contributed by atoms with Gasteiger partial charge in [-0.05, 0) is 42.5 Å². The minimum absolute atomic E-state index is 0.350. The molecule has 126 valence electrons. The molecular weight excluding hydrogens is 338 g/mol. The molecule has 3 aromatic rings. The number of alkyl halides is 6. The summed E-state index contributed by atoms with van der Waals surface area (Å²) in [5.74, 6) is -0.401. The second kappa shape index (κ2) is 5.43. The van der Waals surface area contributed by atoms with Crippen molar-refractivity contribution in [2.75, 3.05) is 0 Å². The van der Waals surface area contributed by atoms with E-state index in [9.17, 15) is 26.3 Å². The number of rotatable bonds is 2. The lowest BCUT2D eigenvalue weighted by molar-refractivity contribution is -0.274. The molecule has 0 aliphatic rings. The summed E-state index contributed by atoms with van der Waals surface area (Å²) in [5.41, 5.74) is -0.0182. The van der Waals surface area contributed by atoms with E-state index >= 15 is 0 Å². The predicted octanol–water partition coefficient (Wildman–Crippen LogP) is 4.94. The number of hydrogen-bond donors (Lipinski definition) is 0. The SMILES string of the molecule is FC(F)(F)Oc1ccc2c(cnn2-c2ccc(C(F)(F)F)cc2)c1. The molecule has 0 aliphatic carbocycles. The standard InChI is InChI=1S/C15H8F6N2O/c16-14(17,18)10-1-3-11(4-2-10)23-13-6-5-12(24-15(19,20)21)7-9(13)8-22-23/h1-8H. The smallest absolute Gasteiger partial charge is 0.406 e. The molecule has 0 spiro atoms. The molecule has 0 N–H and O–H groups in total. The van der Waals surface area contributed by atoms with Crippen molar-refractivity contribution in [1.82, 2.24) is 9.78 Å². The maximum Gasteiger partial charge on any atom is 0.573 e. The van der Waals surface area contributed by atoms with E-state index in [1.54, 1.807) is 0 Å². The molecule has 9 heteroatoms. The van der Waals surface area contributed by atoms with Gasteiger partial charge in [-0.2, -0.15) is 18.3 Å². The molecule has 3 nitrogen and oxygen atoms in total. The van der Waals surface area contributed by atoms with Crippen LogP contribution < -0.4 is 4.74 Å². The van der Waals surface area contributed by atoms with E-state index in [0.717, 1.165) is 24.3 Å². The molecule has 3 rings (SSSR count). The molecule has 0 atom stereocenters. The van der Waals surface area contributed by atoms with Crippen molar-refractivity contribution < 1.29 is 31.1 Å². The van der Waals surface area contributed by atoms with Crippen molar-refractivity contribution in [3.05, 3.63) is 54.2 Å². The third-order valence-corrected chi connectivity index (χ3v) is 3.21. The van der Waals surface area contributed by atoms with Crippen LogP contribution in [-0.2, 0) is 6.18 Å². The molecule has 2 aromatic carbocycles. The quantitative estimate of drug-likeness (QED) is 0.615. The van der Waals surface area contributed by atoms with Crippen LogP contribution in [0.3, 0.4) is 0 Å². The predicted molar refractivity (Wildman–Crippen MR) is 72.8 cm³/mol. The summed E-state index contributed by atoms with van der Waals surface area (Å²) in [7, 11) is 0. The first-order valence-electron chi connectivity index (χ1n) is 6.55. The summed E-state index contributed by atoms with van der Waals surface area (Å²) in [6, 6.07) is 7.88. The zero-order chi connectivity index (χ0) is 17.5. The Kier molecular flexibility index (Phi) is 3.66. The zero-order valence-corrected chi connectivity index (χ0v) is 11.7. The Morgan fingerprint density at radius 2 is 1.54 bits per heavy atom. The highest BCUT2D eigenvalue weighted by Crippen LogP contribution is 2.31. The lowest BCUT2D eigenvalue weighted by Gasteiger charge is -2.10. The molecule has 0 saturated carbocycles. The first-order chi connectivity index (χ1) is 11.1. The van der Waals surface area contributed by atoms with Gasteiger partial charge in [0.1, 0.15) is 5.75 Å². The normalized spacial score (nSPS) is 12.6. The van der Waals surface area contributed by atoms with Crippen LogP contribution in [0.4, 0.5) is 26.3 Å². The Hall–Kier alpha value is -2.71. The summed E-state index contributed by atoms with van der Waals surface area (Å²) < 4.78 is 79.5. The average molecular weight is 346 g/mol. The van der Waals surface area contributed by atoms with Gasteiger partial charge in [0.15, 0.2) is 0 Å². The summed E-state index contributed by atoms with van der Waals surface area (Å²) in [4.78, 5) is 0. The fraction of sp³-hybridized carbons (Fsp3) is 0.133. The molecule has 0 radical (unpaired) electrons. The van der Waals surface area contributed by atoms with Crippen LogP contribution in [0.15, 0.2) is 48.7 Å². The van der Waals surface area contributed by atoms with Gasteiger partial charge in [-0.25, -0.2) is 4.68 Å². The number of hydrogen-bond acceptors (Lipinski definition) is 2. The Morgan fingerprint density at radius 1 is 0.875 bits per heavy atom. The Labute approximate surface area is 131 Å². The molecule has 0 fully saturated rings. The van der Waals surface area contributed by atoms with Crippen LogP contribution in [0.2, 0.25) is 0 Å². The average Bonchev–Trinajstić information content (AvgIpc) is 2.88. The molecule has 1 aromatic heterocycles. The van der Waals surface area contributed by atoms with Gasteiger partial charge < -0.3 is 4.74 Å². The van der Waals surface area contributed by atoms with E-state index in [0.29, 0.717) is 16.6 Å². The Bertz CT molecular complexity index is 864. The summed E-state index contributed by atoms with van der Waals surface area (Å²) in [5, 5.41) is 4.35. The molecule has 24 heavy (non-hydrogen) atoms. The molecule has 0 bridgehead atoms. The maximum atomic E-state index is 12.6. The summed E-state index contributed by atoms with van der Waals surface area (Å²) in [6.45, 7) is 0. The van der Waals surface area contributed by atoms with Crippen molar-refractivity contribution in [3.63, 3.8) is 0 Å². The lowest BCUT2D eigenvalue weighted by atomic mass is 10.2. The number of halogens is 6. The fourth-order valence-electron chi connectivity index (χ4n) is 2.21. The van der Waals surface area contributed by atoms with Gasteiger partial charge in [-0.1, -0.05) is 0 Å². The van der Waals surface area contributed by atoms with Crippen molar-refractivity contribution in [3.8, 4) is 11.4 Å². The van der Waals surface area contributed by atoms with Crippen LogP contribution in [-0.4, -0.2) is 16.1 Å². The third kappa shape index (κ3) is 3.29. The van der Waals surface area contributed by atoms with Gasteiger partial charge in [0.25, 0.3) is 0 Å². The van der Waals surface area contributed by atoms with Crippen LogP contribution in [0.25, 0.3) is 16.6 Å². The highest BCUT2D eigenvalue weighted by Gasteiger charge is 2.31. The molecule has 0 unspecified atom stereocenters. The first kappa shape index (κ1) is 16.2. The highest BCUT2D eigenvalue weighted by atomic mass is 19.4. The minimum atomic E-state index is -4.81. The number of benzene rings is 2. The summed E-state index contributed by atoms with van der Waals surface area (Å²) in [6.07, 6.45) is -7.96. The van der Waals surface area contributed by atoms with E-state index in [1.807, 2.05) is 0 Å². The van der Waals surface area contributed by atoms with Crippen molar-refractivity contribution in [2.24, 2.45) is 0 Å². The van der Waals surface area contributed by atoms with Crippen molar-refractivity contribution in [1.29, 1.82) is 0 Å². The first-order valence-corrected chi connectivity index (χ1v) is 6.55. The van der Waals surface area contributed by atoms with Gasteiger partial charge in [0, 0.05) is 5.39 Å². The number of aromatic nitrogens is 2. The molecular formula is C15H8F6N2O. The van der Waals surface area contributed by atoms with E-state index in [1.165, 1.54) is 29.1 Å². The fourth-order valence-corrected chi connectivity index (χ4v) is 2.21. The number of nitrogens with zero attached hydrogens (tertiary/aromatic N) is 2. The van der Waals surface area contributed by atoms with Gasteiger partial charge in [0.2, 0.25) is 0 Å². The Morgan fingerprint density at radius 3 is 2.12 bits per heavy atom. The van der Waals surface area contributed by atoms with E-state index in [4.69, 9.17) is 0 Å². The number of fused-ring (bicyclic) bond motifs is 1. The van der Waals surface area contributed by atoms with Crippen molar-refractivity contribution >= 4 is 10.9 Å². The van der Waals surface area contributed by atoms with Crippen molar-refractivity contribution in [2.45, 2.75) is 12.5 Å². The molecule has 0 aliphatic heterocycles. The second-order valence-electron chi connectivity index (χ2n) is 4.87. The van der Waals surface area contributed by atoms with Gasteiger partial charge in [-0.3, -0.25) is 0 Å². The topological polar surface area (TPSA) is 27.1 Å². The van der Waals surface area contributed by atoms with Crippen LogP contribution in [0.1, 0.15) is 5.56 Å². The van der Waals surface area contributed by atoms with Gasteiger partial charge >= 0.3 is 12.5 Å². The monoisotopic (exact) mass is 346 g/mol. The molecule has 0 saturated heterocycles. The zero-order valence-electron chi connectivity index (χ0n) is 11.7. The van der Waals surface area contributed by atoms with Crippen LogP contribution in [0.5, 0.6) is 5.75 Å². The summed E-state index contributed by atoms with van der Waals surface area (Å²) >= 11 is 0. The lowest BCUT2D eigenvalue weighted by Crippen LogP contribution is -2.16. The van der Waals surface area contributed by atoms with E-state index in [-0.39, 0.29) is 0 Å². The highest BCUT2D eigenvalue weighted by molar-refractivity contribution is 5.81. The van der Waals surface area contributed by atoms with Crippen LogP contribution >= 0.6 is 0 Å². The Balaban J connectivity index is 1.96. The molecule has 1 heterocycles. The number of ether oxygens (including phenoxy) is 1. The van der Waals surface area contributed by atoms with Crippen LogP contribution in [0, 0.1) is 0 Å². The minimum Gasteiger partial charge on any atom is -0.406 e. The van der Waals surface area contributed by atoms with Gasteiger partial charge in [-0.15, -0.1) is 13.2 Å².